The van der Waals surface area contributed by atoms with E-state index in [1.807, 2.05) is 12.1 Å². The normalized spacial score (nSPS) is 12.1. The minimum atomic E-state index is -0.434. The number of ether oxygens (including phenoxy) is 1. The van der Waals surface area contributed by atoms with Crippen LogP contribution >= 0.6 is 15.9 Å². The fourth-order valence-electron chi connectivity index (χ4n) is 2.04. The standard InChI is InChI=1S/C18H18BrNO3/c1-18(2,3)14-6-4-13(5-7-14)17(12-19)23-16-10-8-15(9-11-16)20(21)22/h4-12H,1-3H3/b17-12-. The summed E-state index contributed by atoms with van der Waals surface area (Å²) < 4.78 is 5.80. The lowest BCUT2D eigenvalue weighted by atomic mass is 9.86. The second-order valence-corrected chi connectivity index (χ2v) is 6.61. The lowest BCUT2D eigenvalue weighted by molar-refractivity contribution is -0.384. The first-order valence-electron chi connectivity index (χ1n) is 7.15. The van der Waals surface area contributed by atoms with Crippen molar-refractivity contribution in [1.82, 2.24) is 0 Å². The van der Waals surface area contributed by atoms with Gasteiger partial charge in [0.25, 0.3) is 5.69 Å². The number of nitrogens with zero attached hydrogens (tertiary/aromatic N) is 1. The van der Waals surface area contributed by atoms with Crippen LogP contribution in [0.4, 0.5) is 5.69 Å². The summed E-state index contributed by atoms with van der Waals surface area (Å²) in [5, 5.41) is 10.7. The van der Waals surface area contributed by atoms with Gasteiger partial charge in [0.1, 0.15) is 11.5 Å². The molecule has 4 nitrogen and oxygen atoms in total. The van der Waals surface area contributed by atoms with Crippen LogP contribution in [-0.4, -0.2) is 4.92 Å². The van der Waals surface area contributed by atoms with Gasteiger partial charge < -0.3 is 4.74 Å². The average molecular weight is 376 g/mol. The molecule has 0 atom stereocenters. The minimum absolute atomic E-state index is 0.0382. The number of hydrogen-bond donors (Lipinski definition) is 0. The fourth-order valence-corrected chi connectivity index (χ4v) is 2.40. The van der Waals surface area contributed by atoms with Gasteiger partial charge in [-0.1, -0.05) is 61.0 Å². The maximum Gasteiger partial charge on any atom is 0.269 e. The van der Waals surface area contributed by atoms with Crippen molar-refractivity contribution in [2.45, 2.75) is 26.2 Å². The highest BCUT2D eigenvalue weighted by Crippen LogP contribution is 2.27. The average Bonchev–Trinajstić information content (AvgIpc) is 2.52. The number of rotatable bonds is 4. The van der Waals surface area contributed by atoms with Crippen LogP contribution < -0.4 is 4.74 Å². The molecule has 2 rings (SSSR count). The molecule has 0 saturated heterocycles. The summed E-state index contributed by atoms with van der Waals surface area (Å²) >= 11 is 3.31. The van der Waals surface area contributed by atoms with E-state index in [0.29, 0.717) is 11.5 Å². The monoisotopic (exact) mass is 375 g/mol. The molecule has 0 aliphatic carbocycles. The van der Waals surface area contributed by atoms with Crippen LogP contribution in [0, 0.1) is 10.1 Å². The van der Waals surface area contributed by atoms with Gasteiger partial charge >= 0.3 is 0 Å². The predicted octanol–water partition coefficient (Wildman–Crippen LogP) is 5.66. The number of nitro benzene ring substituents is 1. The molecule has 0 radical (unpaired) electrons. The molecule has 0 spiro atoms. The van der Waals surface area contributed by atoms with E-state index in [0.717, 1.165) is 5.56 Å². The van der Waals surface area contributed by atoms with Crippen LogP contribution in [0.5, 0.6) is 5.75 Å². The van der Waals surface area contributed by atoms with Crippen molar-refractivity contribution in [3.8, 4) is 5.75 Å². The van der Waals surface area contributed by atoms with Gasteiger partial charge in [-0.3, -0.25) is 10.1 Å². The Balaban J connectivity index is 2.19. The topological polar surface area (TPSA) is 52.4 Å². The zero-order valence-electron chi connectivity index (χ0n) is 13.2. The summed E-state index contributed by atoms with van der Waals surface area (Å²) in [4.78, 5) is 11.9. The molecular formula is C18H18BrNO3. The Morgan fingerprint density at radius 2 is 1.65 bits per heavy atom. The van der Waals surface area contributed by atoms with E-state index >= 15 is 0 Å². The van der Waals surface area contributed by atoms with Gasteiger partial charge in [0, 0.05) is 22.7 Å². The summed E-state index contributed by atoms with van der Waals surface area (Å²) in [6.07, 6.45) is 0. The Hall–Kier alpha value is -2.14. The van der Waals surface area contributed by atoms with Gasteiger partial charge in [0.15, 0.2) is 0 Å². The van der Waals surface area contributed by atoms with Crippen molar-refractivity contribution in [3.05, 3.63) is 74.8 Å². The minimum Gasteiger partial charge on any atom is -0.456 e. The van der Waals surface area contributed by atoms with E-state index in [1.165, 1.54) is 17.7 Å². The zero-order chi connectivity index (χ0) is 17.0. The van der Waals surface area contributed by atoms with Crippen molar-refractivity contribution < 1.29 is 9.66 Å². The Morgan fingerprint density at radius 1 is 1.09 bits per heavy atom. The molecule has 0 heterocycles. The smallest absolute Gasteiger partial charge is 0.269 e. The predicted molar refractivity (Wildman–Crippen MR) is 95.8 cm³/mol. The van der Waals surface area contributed by atoms with Gasteiger partial charge in [0.05, 0.1) is 4.92 Å². The molecule has 23 heavy (non-hydrogen) atoms. The first-order valence-corrected chi connectivity index (χ1v) is 8.06. The highest BCUT2D eigenvalue weighted by atomic mass is 79.9. The Labute approximate surface area is 144 Å². The first kappa shape index (κ1) is 17.2. The molecule has 0 aromatic heterocycles. The molecule has 0 bridgehead atoms. The highest BCUT2D eigenvalue weighted by molar-refractivity contribution is 9.11. The molecule has 0 aliphatic heterocycles. The SMILES string of the molecule is CC(C)(C)c1ccc(/C(=C/Br)Oc2ccc([N+](=O)[O-])cc2)cc1. The van der Waals surface area contributed by atoms with E-state index in [4.69, 9.17) is 4.74 Å². The van der Waals surface area contributed by atoms with Gasteiger partial charge in [-0.25, -0.2) is 0 Å². The van der Waals surface area contributed by atoms with Crippen molar-refractivity contribution in [2.24, 2.45) is 0 Å². The first-order chi connectivity index (χ1) is 10.8. The quantitative estimate of drug-likeness (QED) is 0.393. The second kappa shape index (κ2) is 6.96. The van der Waals surface area contributed by atoms with Gasteiger partial charge in [-0.2, -0.15) is 0 Å². The molecule has 120 valence electrons. The molecule has 0 unspecified atom stereocenters. The third-order valence-electron chi connectivity index (χ3n) is 3.41. The lowest BCUT2D eigenvalue weighted by Gasteiger charge is -2.19. The molecule has 0 aliphatic rings. The van der Waals surface area contributed by atoms with Crippen LogP contribution in [0.25, 0.3) is 5.76 Å². The third kappa shape index (κ3) is 4.42. The number of nitro groups is 1. The maximum atomic E-state index is 10.7. The number of halogens is 1. The molecular weight excluding hydrogens is 358 g/mol. The van der Waals surface area contributed by atoms with Crippen LogP contribution in [0.1, 0.15) is 31.9 Å². The van der Waals surface area contributed by atoms with Crippen LogP contribution in [0.2, 0.25) is 0 Å². The molecule has 0 fully saturated rings. The highest BCUT2D eigenvalue weighted by Gasteiger charge is 2.14. The Morgan fingerprint density at radius 3 is 2.09 bits per heavy atom. The number of benzene rings is 2. The summed E-state index contributed by atoms with van der Waals surface area (Å²) in [6.45, 7) is 6.49. The van der Waals surface area contributed by atoms with E-state index in [9.17, 15) is 10.1 Å². The van der Waals surface area contributed by atoms with Gasteiger partial charge in [0.2, 0.25) is 0 Å². The zero-order valence-corrected chi connectivity index (χ0v) is 14.8. The van der Waals surface area contributed by atoms with Crippen molar-refractivity contribution in [3.63, 3.8) is 0 Å². The van der Waals surface area contributed by atoms with Gasteiger partial charge in [-0.05, 0) is 23.1 Å². The van der Waals surface area contributed by atoms with Crippen molar-refractivity contribution in [1.29, 1.82) is 0 Å². The largest absolute Gasteiger partial charge is 0.456 e. The molecule has 0 N–H and O–H groups in total. The fraction of sp³-hybridized carbons (Fsp3) is 0.222. The van der Waals surface area contributed by atoms with E-state index in [-0.39, 0.29) is 11.1 Å². The summed E-state index contributed by atoms with van der Waals surface area (Å²) in [6, 6.07) is 14.2. The van der Waals surface area contributed by atoms with Crippen LogP contribution in [-0.2, 0) is 5.41 Å². The number of hydrogen-bond acceptors (Lipinski definition) is 3. The van der Waals surface area contributed by atoms with Crippen LogP contribution in [0.3, 0.4) is 0 Å². The lowest BCUT2D eigenvalue weighted by Crippen LogP contribution is -2.10. The summed E-state index contributed by atoms with van der Waals surface area (Å²) in [7, 11) is 0. The molecule has 5 heteroatoms. The Kier molecular flexibility index (Phi) is 5.21. The maximum absolute atomic E-state index is 10.7. The molecule has 2 aromatic rings. The Bertz CT molecular complexity index is 713. The summed E-state index contributed by atoms with van der Waals surface area (Å²) in [5.74, 6) is 1.18. The molecule has 0 amide bonds. The van der Waals surface area contributed by atoms with Crippen molar-refractivity contribution >= 4 is 27.4 Å². The molecule has 0 saturated carbocycles. The van der Waals surface area contributed by atoms with E-state index < -0.39 is 4.92 Å². The summed E-state index contributed by atoms with van der Waals surface area (Å²) in [5.41, 5.74) is 2.30. The second-order valence-electron chi connectivity index (χ2n) is 6.15. The number of non-ortho nitro benzene ring substituents is 1. The van der Waals surface area contributed by atoms with E-state index in [2.05, 4.69) is 48.8 Å². The van der Waals surface area contributed by atoms with Crippen LogP contribution in [0.15, 0.2) is 53.5 Å². The van der Waals surface area contributed by atoms with Crippen molar-refractivity contribution in [2.75, 3.05) is 0 Å². The van der Waals surface area contributed by atoms with Gasteiger partial charge in [-0.15, -0.1) is 0 Å². The molecule has 2 aromatic carbocycles. The third-order valence-corrected chi connectivity index (χ3v) is 3.83. The van der Waals surface area contributed by atoms with E-state index in [1.54, 1.807) is 17.1 Å².